The third kappa shape index (κ3) is 4.29. The molecule has 0 fully saturated rings. The Labute approximate surface area is 133 Å². The quantitative estimate of drug-likeness (QED) is 0.890. The first-order chi connectivity index (χ1) is 11.0. The number of amides is 3. The summed E-state index contributed by atoms with van der Waals surface area (Å²) in [4.78, 5) is 24.9. The summed E-state index contributed by atoms with van der Waals surface area (Å²) in [6, 6.07) is 13.0. The van der Waals surface area contributed by atoms with E-state index in [0.29, 0.717) is 13.1 Å². The van der Waals surface area contributed by atoms with Crippen molar-refractivity contribution in [1.82, 2.24) is 4.90 Å². The van der Waals surface area contributed by atoms with Crippen LogP contribution in [-0.4, -0.2) is 23.4 Å². The van der Waals surface area contributed by atoms with Crippen LogP contribution in [0.25, 0.3) is 0 Å². The maximum atomic E-state index is 13.7. The fraction of sp³-hybridized carbons (Fsp3) is 0.176. The maximum Gasteiger partial charge on any atom is 0.322 e. The molecule has 23 heavy (non-hydrogen) atoms. The van der Waals surface area contributed by atoms with Gasteiger partial charge in [-0.1, -0.05) is 30.3 Å². The number of anilines is 1. The minimum absolute atomic E-state index is 0.209. The molecule has 5 nitrogen and oxygen atoms in total. The van der Waals surface area contributed by atoms with Crippen LogP contribution in [0.5, 0.6) is 0 Å². The zero-order valence-electron chi connectivity index (χ0n) is 12.8. The molecule has 6 heteroatoms. The summed E-state index contributed by atoms with van der Waals surface area (Å²) in [6.45, 7) is 2.81. The molecule has 120 valence electrons. The number of hydrogen-bond donors (Lipinski definition) is 2. The van der Waals surface area contributed by atoms with Gasteiger partial charge in [0.15, 0.2) is 0 Å². The molecule has 2 aromatic carbocycles. The number of nitrogens with two attached hydrogens (primary N) is 1. The number of hydrogen-bond acceptors (Lipinski definition) is 2. The van der Waals surface area contributed by atoms with Gasteiger partial charge >= 0.3 is 6.03 Å². The van der Waals surface area contributed by atoms with Crippen LogP contribution in [0.3, 0.4) is 0 Å². The van der Waals surface area contributed by atoms with Crippen molar-refractivity contribution < 1.29 is 14.0 Å². The summed E-state index contributed by atoms with van der Waals surface area (Å²) in [5.74, 6) is -1.61. The highest BCUT2D eigenvalue weighted by atomic mass is 19.1. The Morgan fingerprint density at radius 3 is 2.43 bits per heavy atom. The lowest BCUT2D eigenvalue weighted by Gasteiger charge is -2.21. The molecule has 0 heterocycles. The predicted molar refractivity (Wildman–Crippen MR) is 86.5 cm³/mol. The van der Waals surface area contributed by atoms with E-state index in [0.717, 1.165) is 11.6 Å². The molecule has 0 aliphatic heterocycles. The average Bonchev–Trinajstić information content (AvgIpc) is 2.53. The van der Waals surface area contributed by atoms with Crippen molar-refractivity contribution in [2.45, 2.75) is 13.5 Å². The molecule has 0 spiro atoms. The van der Waals surface area contributed by atoms with Gasteiger partial charge < -0.3 is 16.0 Å². The van der Waals surface area contributed by atoms with Gasteiger partial charge in [0.05, 0.1) is 5.56 Å². The van der Waals surface area contributed by atoms with Crippen LogP contribution in [0.2, 0.25) is 0 Å². The first-order valence-electron chi connectivity index (χ1n) is 7.20. The molecule has 2 rings (SSSR count). The summed E-state index contributed by atoms with van der Waals surface area (Å²) in [5, 5.41) is 2.62. The molecule has 0 bridgehead atoms. The summed E-state index contributed by atoms with van der Waals surface area (Å²) in [5.41, 5.74) is 6.11. The highest BCUT2D eigenvalue weighted by Gasteiger charge is 2.14. The third-order valence-corrected chi connectivity index (χ3v) is 3.37. The van der Waals surface area contributed by atoms with Crippen molar-refractivity contribution >= 4 is 17.6 Å². The van der Waals surface area contributed by atoms with Gasteiger partial charge in [0.2, 0.25) is 0 Å². The van der Waals surface area contributed by atoms with Crippen LogP contribution < -0.4 is 11.1 Å². The van der Waals surface area contributed by atoms with Crippen LogP contribution in [0.4, 0.5) is 14.9 Å². The van der Waals surface area contributed by atoms with E-state index in [9.17, 15) is 14.0 Å². The van der Waals surface area contributed by atoms with Crippen LogP contribution in [-0.2, 0) is 6.54 Å². The number of nitrogens with zero attached hydrogens (tertiary/aromatic N) is 1. The molecular weight excluding hydrogens is 297 g/mol. The van der Waals surface area contributed by atoms with Crippen LogP contribution >= 0.6 is 0 Å². The molecule has 0 radical (unpaired) electrons. The minimum Gasteiger partial charge on any atom is -0.366 e. The minimum atomic E-state index is -0.848. The Morgan fingerprint density at radius 2 is 1.87 bits per heavy atom. The molecule has 2 aromatic rings. The second kappa shape index (κ2) is 7.40. The van der Waals surface area contributed by atoms with Gasteiger partial charge in [-0.15, -0.1) is 0 Å². The molecular formula is C17H18FN3O2. The van der Waals surface area contributed by atoms with E-state index in [-0.39, 0.29) is 17.3 Å². The fourth-order valence-electron chi connectivity index (χ4n) is 2.13. The largest absolute Gasteiger partial charge is 0.366 e. The fourth-order valence-corrected chi connectivity index (χ4v) is 2.13. The van der Waals surface area contributed by atoms with Gasteiger partial charge in [0, 0.05) is 18.8 Å². The normalized spacial score (nSPS) is 10.2. The van der Waals surface area contributed by atoms with Crippen molar-refractivity contribution in [3.05, 3.63) is 65.5 Å². The van der Waals surface area contributed by atoms with E-state index in [1.54, 1.807) is 4.90 Å². The standard InChI is InChI=1S/C17H18FN3O2/c1-2-21(11-12-6-4-3-5-7-12)17(23)20-13-8-9-14(16(19)22)15(18)10-13/h3-10H,2,11H2,1H3,(H2,19,22)(H,20,23). The van der Waals surface area contributed by atoms with Gasteiger partial charge in [-0.05, 0) is 30.7 Å². The predicted octanol–water partition coefficient (Wildman–Crippen LogP) is 2.98. The molecule has 0 aliphatic carbocycles. The summed E-state index contributed by atoms with van der Waals surface area (Å²) in [7, 11) is 0. The maximum absolute atomic E-state index is 13.7. The smallest absolute Gasteiger partial charge is 0.322 e. The van der Waals surface area contributed by atoms with Crippen LogP contribution in [0.1, 0.15) is 22.8 Å². The number of nitrogens with one attached hydrogen (secondary N) is 1. The number of benzene rings is 2. The average molecular weight is 315 g/mol. The molecule has 0 saturated carbocycles. The molecule has 0 saturated heterocycles. The van der Waals surface area contributed by atoms with E-state index in [1.807, 2.05) is 37.3 Å². The lowest BCUT2D eigenvalue weighted by molar-refractivity contribution is 0.0996. The van der Waals surface area contributed by atoms with E-state index in [1.165, 1.54) is 12.1 Å². The lowest BCUT2D eigenvalue weighted by atomic mass is 10.2. The lowest BCUT2D eigenvalue weighted by Crippen LogP contribution is -2.34. The number of halogens is 1. The van der Waals surface area contributed by atoms with Crippen molar-refractivity contribution in [2.75, 3.05) is 11.9 Å². The summed E-state index contributed by atoms with van der Waals surface area (Å²) in [6.07, 6.45) is 0. The highest BCUT2D eigenvalue weighted by Crippen LogP contribution is 2.15. The van der Waals surface area contributed by atoms with Crippen LogP contribution in [0.15, 0.2) is 48.5 Å². The summed E-state index contributed by atoms with van der Waals surface area (Å²) < 4.78 is 13.7. The number of carbonyl (C=O) groups excluding carboxylic acids is 2. The number of rotatable bonds is 5. The second-order valence-electron chi connectivity index (χ2n) is 4.99. The Kier molecular flexibility index (Phi) is 5.30. The van der Waals surface area contributed by atoms with Crippen molar-refractivity contribution in [3.8, 4) is 0 Å². The van der Waals surface area contributed by atoms with E-state index in [4.69, 9.17) is 5.73 Å². The van der Waals surface area contributed by atoms with Gasteiger partial charge in [-0.25, -0.2) is 9.18 Å². The summed E-state index contributed by atoms with van der Waals surface area (Å²) >= 11 is 0. The second-order valence-corrected chi connectivity index (χ2v) is 4.99. The van der Waals surface area contributed by atoms with Crippen LogP contribution in [0, 0.1) is 5.82 Å². The van der Waals surface area contributed by atoms with Gasteiger partial charge in [0.25, 0.3) is 5.91 Å². The molecule has 0 unspecified atom stereocenters. The molecule has 3 N–H and O–H groups in total. The molecule has 0 aromatic heterocycles. The Morgan fingerprint density at radius 1 is 1.17 bits per heavy atom. The number of carbonyl (C=O) groups is 2. The third-order valence-electron chi connectivity index (χ3n) is 3.37. The number of urea groups is 1. The molecule has 3 amide bonds. The zero-order valence-corrected chi connectivity index (χ0v) is 12.8. The topological polar surface area (TPSA) is 75.4 Å². The van der Waals surface area contributed by atoms with Gasteiger partial charge in [-0.2, -0.15) is 0 Å². The highest BCUT2D eigenvalue weighted by molar-refractivity contribution is 5.94. The van der Waals surface area contributed by atoms with Crippen molar-refractivity contribution in [1.29, 1.82) is 0 Å². The first-order valence-corrected chi connectivity index (χ1v) is 7.20. The van der Waals surface area contributed by atoms with Gasteiger partial charge in [0.1, 0.15) is 5.82 Å². The molecule has 0 atom stereocenters. The zero-order chi connectivity index (χ0) is 16.8. The van der Waals surface area contributed by atoms with Crippen molar-refractivity contribution in [2.24, 2.45) is 5.73 Å². The van der Waals surface area contributed by atoms with Crippen molar-refractivity contribution in [3.63, 3.8) is 0 Å². The monoisotopic (exact) mass is 315 g/mol. The first kappa shape index (κ1) is 16.5. The Balaban J connectivity index is 2.07. The SMILES string of the molecule is CCN(Cc1ccccc1)C(=O)Nc1ccc(C(N)=O)c(F)c1. The van der Waals surface area contributed by atoms with E-state index >= 15 is 0 Å². The number of primary amides is 1. The van der Waals surface area contributed by atoms with E-state index < -0.39 is 11.7 Å². The van der Waals surface area contributed by atoms with Gasteiger partial charge in [-0.3, -0.25) is 4.79 Å². The van der Waals surface area contributed by atoms with E-state index in [2.05, 4.69) is 5.32 Å². The Bertz CT molecular complexity index is 704. The Hall–Kier alpha value is -2.89. The molecule has 0 aliphatic rings.